The first kappa shape index (κ1) is 14.9. The maximum absolute atomic E-state index is 11.8. The van der Waals surface area contributed by atoms with Gasteiger partial charge >= 0.3 is 0 Å². The Bertz CT molecular complexity index is 741. The lowest BCUT2D eigenvalue weighted by Crippen LogP contribution is -2.52. The second kappa shape index (κ2) is 5.32. The lowest BCUT2D eigenvalue weighted by atomic mass is 9.91. The molecular formula is C12H17N5O5. The molecule has 0 spiro atoms. The van der Waals surface area contributed by atoms with E-state index in [1.807, 2.05) is 0 Å². The number of ether oxygens (including phenoxy) is 1. The summed E-state index contributed by atoms with van der Waals surface area (Å²) in [7, 11) is 0. The number of hydrogen-bond acceptors (Lipinski definition) is 8. The van der Waals surface area contributed by atoms with Crippen molar-refractivity contribution in [2.75, 3.05) is 12.3 Å². The van der Waals surface area contributed by atoms with E-state index >= 15 is 0 Å². The Balaban J connectivity index is 2.08. The number of H-pyrrole nitrogens is 1. The van der Waals surface area contributed by atoms with Crippen molar-refractivity contribution in [3.05, 3.63) is 16.7 Å². The number of nitrogens with one attached hydrogen (secondary N) is 1. The molecule has 1 unspecified atom stereocenters. The fraction of sp³-hybridized carbons (Fsp3) is 0.583. The Kier molecular flexibility index (Phi) is 3.60. The Morgan fingerprint density at radius 2 is 2.18 bits per heavy atom. The Morgan fingerprint density at radius 1 is 1.45 bits per heavy atom. The molecule has 0 aliphatic carbocycles. The van der Waals surface area contributed by atoms with Crippen LogP contribution in [0.3, 0.4) is 0 Å². The zero-order chi connectivity index (χ0) is 16.0. The fourth-order valence-electron chi connectivity index (χ4n) is 2.68. The summed E-state index contributed by atoms with van der Waals surface area (Å²) < 4.78 is 7.09. The van der Waals surface area contributed by atoms with E-state index < -0.39 is 42.6 Å². The van der Waals surface area contributed by atoms with Gasteiger partial charge in [-0.3, -0.25) is 14.3 Å². The number of aliphatic hydroxyl groups is 3. The molecule has 1 aliphatic heterocycles. The van der Waals surface area contributed by atoms with Gasteiger partial charge < -0.3 is 25.8 Å². The predicted molar refractivity (Wildman–Crippen MR) is 74.7 cm³/mol. The van der Waals surface area contributed by atoms with Crippen LogP contribution in [0.15, 0.2) is 11.1 Å². The summed E-state index contributed by atoms with van der Waals surface area (Å²) in [4.78, 5) is 22.1. The van der Waals surface area contributed by atoms with Gasteiger partial charge in [0.05, 0.1) is 19.0 Å². The smallest absolute Gasteiger partial charge is 0.280 e. The van der Waals surface area contributed by atoms with Crippen LogP contribution in [0.25, 0.3) is 11.2 Å². The molecule has 0 radical (unpaired) electrons. The van der Waals surface area contributed by atoms with Crippen LogP contribution in [-0.4, -0.2) is 59.8 Å². The summed E-state index contributed by atoms with van der Waals surface area (Å²) in [5.41, 5.74) is 5.36. The maximum Gasteiger partial charge on any atom is 0.280 e. The molecule has 1 saturated heterocycles. The number of rotatable bonds is 2. The summed E-state index contributed by atoms with van der Waals surface area (Å²) in [5.74, 6) is -0.584. The zero-order valence-corrected chi connectivity index (χ0v) is 11.7. The Hall–Kier alpha value is -2.01. The summed E-state index contributed by atoms with van der Waals surface area (Å²) in [5, 5.41) is 29.3. The lowest BCUT2D eigenvalue weighted by Gasteiger charge is -2.41. The predicted octanol–water partition coefficient (Wildman–Crippen LogP) is -2.05. The van der Waals surface area contributed by atoms with Crippen LogP contribution in [0, 0.1) is 5.92 Å². The van der Waals surface area contributed by atoms with E-state index in [0.29, 0.717) is 0 Å². The Labute approximate surface area is 124 Å². The van der Waals surface area contributed by atoms with Crippen LogP contribution in [0.2, 0.25) is 0 Å². The van der Waals surface area contributed by atoms with Gasteiger partial charge in [0.15, 0.2) is 11.2 Å². The molecule has 6 N–H and O–H groups in total. The van der Waals surface area contributed by atoms with Crippen molar-refractivity contribution in [1.29, 1.82) is 0 Å². The molecule has 3 rings (SSSR count). The van der Waals surface area contributed by atoms with Gasteiger partial charge in [-0.25, -0.2) is 4.98 Å². The van der Waals surface area contributed by atoms with Crippen molar-refractivity contribution in [1.82, 2.24) is 19.5 Å². The number of nitrogens with zero attached hydrogens (tertiary/aromatic N) is 3. The highest BCUT2D eigenvalue weighted by Crippen LogP contribution is 2.34. The van der Waals surface area contributed by atoms with Crippen LogP contribution in [0.5, 0.6) is 0 Å². The van der Waals surface area contributed by atoms with E-state index in [4.69, 9.17) is 10.5 Å². The second-order valence-corrected chi connectivity index (χ2v) is 5.36. The third-order valence-corrected chi connectivity index (χ3v) is 3.94. The normalized spacial score (nSPS) is 32.5. The quantitative estimate of drug-likeness (QED) is 0.423. The van der Waals surface area contributed by atoms with Crippen LogP contribution in [0.4, 0.5) is 5.95 Å². The summed E-state index contributed by atoms with van der Waals surface area (Å²) in [6.07, 6.45) is -2.66. The minimum atomic E-state index is -1.20. The number of imidazole rings is 1. The van der Waals surface area contributed by atoms with Crippen molar-refractivity contribution in [2.24, 2.45) is 5.92 Å². The Morgan fingerprint density at radius 3 is 2.86 bits per heavy atom. The van der Waals surface area contributed by atoms with Crippen LogP contribution in [-0.2, 0) is 4.74 Å². The molecule has 10 heteroatoms. The zero-order valence-electron chi connectivity index (χ0n) is 11.7. The number of nitrogen functional groups attached to an aromatic ring is 1. The minimum absolute atomic E-state index is 0.0676. The molecule has 1 fully saturated rings. The molecular weight excluding hydrogens is 294 g/mol. The molecule has 1 aliphatic rings. The average molecular weight is 311 g/mol. The van der Waals surface area contributed by atoms with E-state index in [1.165, 1.54) is 10.9 Å². The molecule has 2 aromatic rings. The molecule has 22 heavy (non-hydrogen) atoms. The molecule has 5 atom stereocenters. The number of hydrogen-bond donors (Lipinski definition) is 5. The van der Waals surface area contributed by atoms with E-state index in [-0.39, 0.29) is 17.1 Å². The molecule has 0 saturated carbocycles. The standard InChI is InChI=1S/C12H17N5O5/c1-4-7(19)8(20)5(2-18)22-11(4)17-3-14-6-9(17)15-12(13)16-10(6)21/h3-5,7-8,11,18-20H,2H2,1H3,(H3,13,15,16,21)/t4?,5-,7-,8+,11-/m1/s1. The van der Waals surface area contributed by atoms with Gasteiger partial charge in [-0.2, -0.15) is 4.98 Å². The van der Waals surface area contributed by atoms with Gasteiger partial charge in [-0.15, -0.1) is 0 Å². The van der Waals surface area contributed by atoms with E-state index in [9.17, 15) is 20.1 Å². The topological polar surface area (TPSA) is 160 Å². The van der Waals surface area contributed by atoms with Crippen molar-refractivity contribution in [3.8, 4) is 0 Å². The van der Waals surface area contributed by atoms with E-state index in [0.717, 1.165) is 0 Å². The van der Waals surface area contributed by atoms with E-state index in [1.54, 1.807) is 6.92 Å². The van der Waals surface area contributed by atoms with Gasteiger partial charge in [-0.1, -0.05) is 6.92 Å². The first-order valence-corrected chi connectivity index (χ1v) is 6.78. The molecule has 10 nitrogen and oxygen atoms in total. The first-order chi connectivity index (χ1) is 10.4. The van der Waals surface area contributed by atoms with Gasteiger partial charge in [0, 0.05) is 5.92 Å². The summed E-state index contributed by atoms with van der Waals surface area (Å²) in [6, 6.07) is 0. The molecule has 0 aromatic carbocycles. The molecule has 2 aromatic heterocycles. The molecule has 3 heterocycles. The first-order valence-electron chi connectivity index (χ1n) is 6.78. The molecule has 0 amide bonds. The number of aliphatic hydroxyl groups excluding tert-OH is 3. The van der Waals surface area contributed by atoms with Crippen molar-refractivity contribution in [3.63, 3.8) is 0 Å². The maximum atomic E-state index is 11.8. The number of aromatic nitrogens is 4. The fourth-order valence-corrected chi connectivity index (χ4v) is 2.68. The second-order valence-electron chi connectivity index (χ2n) is 5.36. The minimum Gasteiger partial charge on any atom is -0.394 e. The number of aromatic amines is 1. The van der Waals surface area contributed by atoms with Gasteiger partial charge in [0.2, 0.25) is 5.95 Å². The number of nitrogens with two attached hydrogens (primary N) is 1. The van der Waals surface area contributed by atoms with Crippen LogP contribution >= 0.6 is 0 Å². The third-order valence-electron chi connectivity index (χ3n) is 3.94. The molecule has 120 valence electrons. The van der Waals surface area contributed by atoms with Crippen molar-refractivity contribution >= 4 is 17.1 Å². The highest BCUT2D eigenvalue weighted by molar-refractivity contribution is 5.70. The molecule has 0 bridgehead atoms. The lowest BCUT2D eigenvalue weighted by molar-refractivity contribution is -0.227. The van der Waals surface area contributed by atoms with Crippen LogP contribution < -0.4 is 11.3 Å². The third kappa shape index (κ3) is 2.16. The summed E-state index contributed by atoms with van der Waals surface area (Å²) >= 11 is 0. The average Bonchev–Trinajstić information content (AvgIpc) is 2.89. The SMILES string of the molecule is CC1[C@@H](O)[C@@H](O)[C@@H](CO)O[C@H]1n1cnc2c(=O)[nH]c(N)nc21. The van der Waals surface area contributed by atoms with E-state index in [2.05, 4.69) is 15.0 Å². The van der Waals surface area contributed by atoms with Gasteiger partial charge in [0.1, 0.15) is 18.4 Å². The van der Waals surface area contributed by atoms with Gasteiger partial charge in [-0.05, 0) is 0 Å². The highest BCUT2D eigenvalue weighted by atomic mass is 16.5. The largest absolute Gasteiger partial charge is 0.394 e. The van der Waals surface area contributed by atoms with Crippen LogP contribution in [0.1, 0.15) is 13.2 Å². The number of fused-ring (bicyclic) bond motifs is 1. The van der Waals surface area contributed by atoms with Crippen molar-refractivity contribution < 1.29 is 20.1 Å². The number of anilines is 1. The highest BCUT2D eigenvalue weighted by Gasteiger charge is 2.43. The van der Waals surface area contributed by atoms with Crippen molar-refractivity contribution in [2.45, 2.75) is 31.5 Å². The summed E-state index contributed by atoms with van der Waals surface area (Å²) in [6.45, 7) is 1.22. The van der Waals surface area contributed by atoms with Gasteiger partial charge in [0.25, 0.3) is 5.56 Å². The monoisotopic (exact) mass is 311 g/mol.